The highest BCUT2D eigenvalue weighted by atomic mass is 33.1. The highest BCUT2D eigenvalue weighted by Gasteiger charge is 2.73. The second-order valence-corrected chi connectivity index (χ2v) is 26.4. The van der Waals surface area contributed by atoms with E-state index in [-0.39, 0.29) is 77.7 Å². The van der Waals surface area contributed by atoms with Crippen molar-refractivity contribution < 1.29 is 30.0 Å². The summed E-state index contributed by atoms with van der Waals surface area (Å²) in [5, 5.41) is 50.0. The molecule has 8 bridgehead atoms. The number of hydrogen-bond donors (Lipinski definition) is 6. The zero-order chi connectivity index (χ0) is 46.1. The Labute approximate surface area is 399 Å². The van der Waals surface area contributed by atoms with Crippen LogP contribution in [0, 0.1) is 87.5 Å². The summed E-state index contributed by atoms with van der Waals surface area (Å²) in [6.07, 6.45) is 20.0. The van der Waals surface area contributed by atoms with Crippen molar-refractivity contribution in [3.8, 4) is 12.0 Å². The van der Waals surface area contributed by atoms with Crippen LogP contribution in [-0.2, 0) is 9.53 Å². The van der Waals surface area contributed by atoms with Gasteiger partial charge in [0.2, 0.25) is 0 Å². The highest BCUT2D eigenvalue weighted by Crippen LogP contribution is 2.74. The molecular weight excluding hydrogens is 867 g/mol. The molecule has 1 aromatic rings. The third kappa shape index (κ3) is 7.00. The maximum absolute atomic E-state index is 14.7. The number of fused-ring (bicyclic) bond motifs is 12. The molecule has 10 aliphatic rings. The van der Waals surface area contributed by atoms with Gasteiger partial charge in [0.25, 0.3) is 0 Å². The number of nitrogens with one attached hydrogen (secondary N) is 1. The molecule has 5 saturated carbocycles. The van der Waals surface area contributed by atoms with Crippen LogP contribution in [0.1, 0.15) is 124 Å². The number of aliphatic imine (C=N–C) groups is 1. The number of rotatable bonds is 4. The number of aromatic nitrogens is 2. The van der Waals surface area contributed by atoms with Crippen LogP contribution in [0.15, 0.2) is 57.7 Å². The quantitative estimate of drug-likeness (QED) is 0.0445. The number of carbonyl (C=O) groups excluding carboxylic acids is 1. The van der Waals surface area contributed by atoms with Crippen molar-refractivity contribution >= 4 is 33.3 Å². The maximum Gasteiger partial charge on any atom is 0.190 e. The van der Waals surface area contributed by atoms with Crippen LogP contribution >= 0.6 is 21.6 Å². The fourth-order valence-corrected chi connectivity index (χ4v) is 20.2. The molecule has 8 aliphatic carbocycles. The lowest BCUT2D eigenvalue weighted by atomic mass is 9.42. The molecule has 11 nitrogen and oxygen atoms in total. The molecule has 66 heavy (non-hydrogen) atoms. The summed E-state index contributed by atoms with van der Waals surface area (Å²) in [5.74, 6) is 5.94. The first kappa shape index (κ1) is 45.7. The number of nitrogens with zero attached hydrogens (tertiary/aromatic N) is 3. The lowest BCUT2D eigenvalue weighted by molar-refractivity contribution is -0.170. The Bertz CT molecular complexity index is 2300. The number of guanidine groups is 1. The number of imidazole rings is 1. The SMILES string of the molecule is C[C@H](O)NC(N)=NC[C@H]1C[C@]2(C)[C@@H]3C[C@H](CSSC[C@@H](n4ccnc4)CC(C)(C)C4=C5C[C@H]6CC#CO[C@@H]7[C@@H]4C4=C(CCC[C@H]4C[C@H]73)[C@H]5CC6)[C@@]2(O)C2=CC(=O)[C@@H]3C[C@@H](O)[C@@H](O)C[C@]3(C)[C@H]21. The number of aliphatic hydroxyl groups is 4. The van der Waals surface area contributed by atoms with Crippen molar-refractivity contribution in [2.45, 2.75) is 154 Å². The first-order valence-corrected chi connectivity index (χ1v) is 27.9. The minimum Gasteiger partial charge on any atom is -0.442 e. The summed E-state index contributed by atoms with van der Waals surface area (Å²) in [6, 6.07) is 0.210. The second kappa shape index (κ2) is 16.7. The Kier molecular flexibility index (Phi) is 11.6. The highest BCUT2D eigenvalue weighted by molar-refractivity contribution is 8.76. The minimum absolute atomic E-state index is 0.0493. The molecule has 7 N–H and O–H groups in total. The second-order valence-electron chi connectivity index (χ2n) is 23.8. The van der Waals surface area contributed by atoms with Crippen LogP contribution in [0.3, 0.4) is 0 Å². The summed E-state index contributed by atoms with van der Waals surface area (Å²) in [4.78, 5) is 24.2. The predicted molar refractivity (Wildman–Crippen MR) is 259 cm³/mol. The maximum atomic E-state index is 14.7. The molecule has 0 radical (unpaired) electrons. The Balaban J connectivity index is 1.11. The van der Waals surface area contributed by atoms with E-state index in [4.69, 9.17) is 15.5 Å². The van der Waals surface area contributed by atoms with Gasteiger partial charge in [-0.2, -0.15) is 0 Å². The summed E-state index contributed by atoms with van der Waals surface area (Å²) >= 11 is 0. The molecule has 11 rings (SSSR count). The van der Waals surface area contributed by atoms with Crippen LogP contribution in [-0.4, -0.2) is 89.9 Å². The van der Waals surface area contributed by atoms with E-state index >= 15 is 0 Å². The van der Waals surface area contributed by atoms with Crippen LogP contribution < -0.4 is 11.1 Å². The molecule has 6 fully saturated rings. The molecule has 0 unspecified atom stereocenters. The fourth-order valence-electron chi connectivity index (χ4n) is 17.5. The molecule has 0 aromatic carbocycles. The van der Waals surface area contributed by atoms with Crippen molar-refractivity contribution in [1.29, 1.82) is 0 Å². The fraction of sp³-hybridized carbons (Fsp3) is 0.755. The van der Waals surface area contributed by atoms with E-state index in [0.29, 0.717) is 30.7 Å². The van der Waals surface area contributed by atoms with Gasteiger partial charge in [-0.15, -0.1) is 0 Å². The lowest BCUT2D eigenvalue weighted by Crippen LogP contribution is -2.65. The Hall–Kier alpha value is -2.73. The van der Waals surface area contributed by atoms with Gasteiger partial charge in [-0.25, -0.2) is 4.98 Å². The van der Waals surface area contributed by atoms with Gasteiger partial charge in [0.1, 0.15) is 18.4 Å². The molecule has 1 saturated heterocycles. The molecule has 0 amide bonds. The van der Waals surface area contributed by atoms with Crippen molar-refractivity contribution in [3.63, 3.8) is 0 Å². The van der Waals surface area contributed by atoms with Crippen LogP contribution in [0.25, 0.3) is 0 Å². The molecular formula is C53H73N5O6S2. The average Bonchev–Trinajstić information content (AvgIpc) is 3.88. The van der Waals surface area contributed by atoms with Crippen molar-refractivity contribution in [1.82, 2.24) is 14.9 Å². The van der Waals surface area contributed by atoms with Crippen molar-refractivity contribution in [2.75, 3.05) is 18.1 Å². The number of nitrogens with two attached hydrogens (primary N) is 1. The lowest BCUT2D eigenvalue weighted by Gasteiger charge is -2.64. The summed E-state index contributed by atoms with van der Waals surface area (Å²) in [5.41, 5.74) is 11.1. The zero-order valence-corrected chi connectivity index (χ0v) is 41.3. The van der Waals surface area contributed by atoms with Gasteiger partial charge in [0.05, 0.1) is 24.1 Å². The van der Waals surface area contributed by atoms with E-state index in [2.05, 4.69) is 60.8 Å². The number of hydrogen-bond acceptors (Lipinski definition) is 10. The normalized spacial score (nSPS) is 46.4. The smallest absolute Gasteiger partial charge is 0.190 e. The Morgan fingerprint density at radius 2 is 1.89 bits per heavy atom. The van der Waals surface area contributed by atoms with Gasteiger partial charge in [0.15, 0.2) is 11.7 Å². The molecule has 1 aromatic heterocycles. The monoisotopic (exact) mass is 940 g/mol. The number of aliphatic hydroxyl groups excluding tert-OH is 3. The number of allylic oxidation sites excluding steroid dienone is 3. The Morgan fingerprint density at radius 1 is 1.08 bits per heavy atom. The zero-order valence-electron chi connectivity index (χ0n) is 39.6. The standard InChI is InChI=1S/C53H73N5O6S2/c1-28(59)57-49(54)56-24-31-21-52(5)38-18-32(53(52,63)40-20-41(60)39-19-42(61)43(62)23-51(39,4)46(31)40)25-65-66-26-33(58-14-13-55-27-58)22-50(2,3)47-36-16-29-8-7-15-64-48-37(38)17-30-9-6-10-35(34(36)12-11-29)44(30)45(47)48/h13-14,20,27-34,37-39,42-43,45-46,48,59,61-63H,6,8-12,16-19,21-26H2,1-5H3,(H3,54,56,57)/t28-,29-,30-,31+,32+,33-,34+,37-,38+,39-,42+,43-,45+,46-,48-,51-,52+,53+/m0/s1. The van der Waals surface area contributed by atoms with E-state index in [9.17, 15) is 25.2 Å². The van der Waals surface area contributed by atoms with E-state index in [0.717, 1.165) is 49.2 Å². The van der Waals surface area contributed by atoms with Crippen LogP contribution in [0.2, 0.25) is 0 Å². The first-order valence-electron chi connectivity index (χ1n) is 25.4. The topological polar surface area (TPSA) is 175 Å². The van der Waals surface area contributed by atoms with Gasteiger partial charge in [-0.3, -0.25) is 9.79 Å². The molecule has 2 aliphatic heterocycles. The molecule has 18 atom stereocenters. The van der Waals surface area contributed by atoms with Gasteiger partial charge >= 0.3 is 0 Å². The Morgan fingerprint density at radius 3 is 2.68 bits per heavy atom. The summed E-state index contributed by atoms with van der Waals surface area (Å²) in [6.45, 7) is 11.5. The molecule has 13 heteroatoms. The summed E-state index contributed by atoms with van der Waals surface area (Å²) < 4.78 is 9.62. The first-order chi connectivity index (χ1) is 31.5. The largest absolute Gasteiger partial charge is 0.442 e. The van der Waals surface area contributed by atoms with Gasteiger partial charge in [-0.1, -0.05) is 77.5 Å². The average molecular weight is 940 g/mol. The number of ether oxygens (including phenoxy) is 1. The van der Waals surface area contributed by atoms with Crippen molar-refractivity contribution in [2.24, 2.45) is 86.2 Å². The van der Waals surface area contributed by atoms with Gasteiger partial charge in [-0.05, 0) is 136 Å². The predicted octanol–water partition coefficient (Wildman–Crippen LogP) is 7.34. The third-order valence-electron chi connectivity index (χ3n) is 19.9. The van der Waals surface area contributed by atoms with E-state index < -0.39 is 40.8 Å². The summed E-state index contributed by atoms with van der Waals surface area (Å²) in [7, 11) is 3.77. The van der Waals surface area contributed by atoms with Crippen LogP contribution in [0.4, 0.5) is 0 Å². The molecule has 358 valence electrons. The van der Waals surface area contributed by atoms with Crippen molar-refractivity contribution in [3.05, 3.63) is 52.7 Å². The van der Waals surface area contributed by atoms with E-state index in [1.165, 1.54) is 32.1 Å². The van der Waals surface area contributed by atoms with E-state index in [1.807, 2.05) is 34.1 Å². The molecule has 3 heterocycles. The van der Waals surface area contributed by atoms with Gasteiger partial charge < -0.3 is 40.8 Å². The number of ketones is 1. The van der Waals surface area contributed by atoms with Crippen LogP contribution in [0.5, 0.6) is 0 Å². The van der Waals surface area contributed by atoms with Gasteiger partial charge in [0, 0.05) is 77.9 Å². The minimum atomic E-state index is -1.33. The number of carbonyl (C=O) groups is 1. The van der Waals surface area contributed by atoms with E-state index in [1.54, 1.807) is 35.3 Å². The third-order valence-corrected chi connectivity index (χ3v) is 22.4. The molecule has 0 spiro atoms.